The molecule has 0 spiro atoms. The fraction of sp³-hybridized carbons (Fsp3) is 0.0769. The van der Waals surface area contributed by atoms with E-state index in [0.717, 1.165) is 30.3 Å². The molecule has 104 valence electrons. The summed E-state index contributed by atoms with van der Waals surface area (Å²) >= 11 is 0. The Morgan fingerprint density at radius 3 is 2.25 bits per heavy atom. The Morgan fingerprint density at radius 1 is 1.00 bits per heavy atom. The molecule has 0 bridgehead atoms. The zero-order valence-electron chi connectivity index (χ0n) is 9.82. The van der Waals surface area contributed by atoms with Gasteiger partial charge >= 0.3 is 6.18 Å². The summed E-state index contributed by atoms with van der Waals surface area (Å²) in [6, 6.07) is 6.82. The van der Waals surface area contributed by atoms with Gasteiger partial charge in [-0.25, -0.2) is 4.39 Å². The highest BCUT2D eigenvalue weighted by atomic mass is 19.4. The first kappa shape index (κ1) is 14.0. The third-order valence-corrected chi connectivity index (χ3v) is 2.68. The number of hydrogen-bond acceptors (Lipinski definition) is 2. The second-order valence-electron chi connectivity index (χ2n) is 3.96. The van der Waals surface area contributed by atoms with Crippen molar-refractivity contribution in [3.63, 3.8) is 0 Å². The average molecular weight is 285 g/mol. The lowest BCUT2D eigenvalue weighted by Gasteiger charge is -2.13. The molecule has 20 heavy (non-hydrogen) atoms. The zero-order chi connectivity index (χ0) is 14.9. The lowest BCUT2D eigenvalue weighted by molar-refractivity contribution is -0.384. The zero-order valence-corrected chi connectivity index (χ0v) is 9.82. The molecule has 0 saturated heterocycles. The maximum absolute atomic E-state index is 13.7. The van der Waals surface area contributed by atoms with Gasteiger partial charge in [0.25, 0.3) is 5.69 Å². The van der Waals surface area contributed by atoms with Gasteiger partial charge in [-0.1, -0.05) is 18.2 Å². The van der Waals surface area contributed by atoms with Crippen LogP contribution in [-0.4, -0.2) is 4.92 Å². The molecule has 7 heteroatoms. The predicted octanol–water partition coefficient (Wildman–Crippen LogP) is 4.42. The molecule has 0 amide bonds. The molecule has 0 heterocycles. The molecule has 0 unspecified atom stereocenters. The summed E-state index contributed by atoms with van der Waals surface area (Å²) in [6.07, 6.45) is -4.67. The summed E-state index contributed by atoms with van der Waals surface area (Å²) in [5.41, 5.74) is -2.40. The number of hydrogen-bond donors (Lipinski definition) is 0. The Labute approximate surface area is 110 Å². The van der Waals surface area contributed by atoms with E-state index in [0.29, 0.717) is 0 Å². The molecule has 0 aliphatic carbocycles. The van der Waals surface area contributed by atoms with Crippen LogP contribution in [0.4, 0.5) is 23.2 Å². The molecule has 0 atom stereocenters. The van der Waals surface area contributed by atoms with Crippen LogP contribution in [0.3, 0.4) is 0 Å². The molecule has 0 aliphatic rings. The van der Waals surface area contributed by atoms with Crippen molar-refractivity contribution in [1.29, 1.82) is 0 Å². The third-order valence-electron chi connectivity index (χ3n) is 2.68. The predicted molar refractivity (Wildman–Crippen MR) is 63.5 cm³/mol. The van der Waals surface area contributed by atoms with Crippen molar-refractivity contribution < 1.29 is 22.5 Å². The number of benzene rings is 2. The normalized spacial score (nSPS) is 11.4. The van der Waals surface area contributed by atoms with Gasteiger partial charge in [0.05, 0.1) is 10.5 Å². The van der Waals surface area contributed by atoms with Gasteiger partial charge < -0.3 is 0 Å². The van der Waals surface area contributed by atoms with Crippen LogP contribution in [0, 0.1) is 15.9 Å². The van der Waals surface area contributed by atoms with Gasteiger partial charge in [0.2, 0.25) is 0 Å². The topological polar surface area (TPSA) is 43.1 Å². The molecule has 2 aromatic rings. The lowest BCUT2D eigenvalue weighted by Crippen LogP contribution is -2.07. The molecule has 0 radical (unpaired) electrons. The van der Waals surface area contributed by atoms with Crippen molar-refractivity contribution in [2.75, 3.05) is 0 Å². The highest BCUT2D eigenvalue weighted by Crippen LogP contribution is 2.38. The number of rotatable bonds is 2. The van der Waals surface area contributed by atoms with Gasteiger partial charge in [-0.05, 0) is 17.7 Å². The minimum atomic E-state index is -4.67. The molecular weight excluding hydrogens is 278 g/mol. The highest BCUT2D eigenvalue weighted by molar-refractivity contribution is 5.70. The van der Waals surface area contributed by atoms with Crippen LogP contribution in [0.2, 0.25) is 0 Å². The SMILES string of the molecule is O=[N+]([O-])c1ccc(F)c(-c2ccccc2C(F)(F)F)c1. The average Bonchev–Trinajstić information content (AvgIpc) is 2.38. The van der Waals surface area contributed by atoms with E-state index in [1.807, 2.05) is 0 Å². The van der Waals surface area contributed by atoms with Crippen LogP contribution >= 0.6 is 0 Å². The summed E-state index contributed by atoms with van der Waals surface area (Å²) in [7, 11) is 0. The molecule has 0 fully saturated rings. The third kappa shape index (κ3) is 2.61. The molecule has 0 aromatic heterocycles. The van der Waals surface area contributed by atoms with Crippen molar-refractivity contribution in [3.8, 4) is 11.1 Å². The van der Waals surface area contributed by atoms with Crippen LogP contribution in [0.1, 0.15) is 5.56 Å². The number of non-ortho nitro benzene ring substituents is 1. The molecule has 2 rings (SSSR count). The molecule has 3 nitrogen and oxygen atoms in total. The van der Waals surface area contributed by atoms with E-state index < -0.39 is 39.3 Å². The first-order valence-corrected chi connectivity index (χ1v) is 5.41. The maximum Gasteiger partial charge on any atom is 0.417 e. The van der Waals surface area contributed by atoms with Gasteiger partial charge in [0.1, 0.15) is 5.82 Å². The van der Waals surface area contributed by atoms with Crippen molar-refractivity contribution in [3.05, 3.63) is 64.0 Å². The fourth-order valence-electron chi connectivity index (χ4n) is 1.80. The van der Waals surface area contributed by atoms with Crippen molar-refractivity contribution in [2.45, 2.75) is 6.18 Å². The monoisotopic (exact) mass is 285 g/mol. The Balaban J connectivity index is 2.69. The van der Waals surface area contributed by atoms with E-state index in [-0.39, 0.29) is 0 Å². The van der Waals surface area contributed by atoms with Crippen LogP contribution in [0.5, 0.6) is 0 Å². The molecule has 0 N–H and O–H groups in total. The van der Waals surface area contributed by atoms with E-state index in [1.54, 1.807) is 0 Å². The van der Waals surface area contributed by atoms with E-state index in [4.69, 9.17) is 0 Å². The highest BCUT2D eigenvalue weighted by Gasteiger charge is 2.34. The number of alkyl halides is 3. The standard InChI is InChI=1S/C13H7F4NO2/c14-12-6-5-8(18(19)20)7-10(12)9-3-1-2-4-11(9)13(15,16)17/h1-7H. The molecule has 0 saturated carbocycles. The number of nitro groups is 1. The van der Waals surface area contributed by atoms with Gasteiger partial charge in [0.15, 0.2) is 0 Å². The van der Waals surface area contributed by atoms with Crippen LogP contribution in [-0.2, 0) is 6.18 Å². The van der Waals surface area contributed by atoms with Crippen LogP contribution in [0.25, 0.3) is 11.1 Å². The fourth-order valence-corrected chi connectivity index (χ4v) is 1.80. The Hall–Kier alpha value is -2.44. The first-order valence-electron chi connectivity index (χ1n) is 5.41. The first-order chi connectivity index (χ1) is 9.30. The van der Waals surface area contributed by atoms with Crippen molar-refractivity contribution in [2.24, 2.45) is 0 Å². The maximum atomic E-state index is 13.7. The smallest absolute Gasteiger partial charge is 0.258 e. The van der Waals surface area contributed by atoms with Gasteiger partial charge in [-0.3, -0.25) is 10.1 Å². The lowest BCUT2D eigenvalue weighted by atomic mass is 9.98. The summed E-state index contributed by atoms with van der Waals surface area (Å²) in [4.78, 5) is 9.85. The number of nitrogens with zero attached hydrogens (tertiary/aromatic N) is 1. The second kappa shape index (κ2) is 4.92. The van der Waals surface area contributed by atoms with Crippen molar-refractivity contribution >= 4 is 5.69 Å². The summed E-state index contributed by atoms with van der Waals surface area (Å²) in [5, 5.41) is 10.6. The quantitative estimate of drug-likeness (QED) is 0.465. The molecular formula is C13H7F4NO2. The minimum Gasteiger partial charge on any atom is -0.258 e. The summed E-state index contributed by atoms with van der Waals surface area (Å²) in [6.45, 7) is 0. The largest absolute Gasteiger partial charge is 0.417 e. The number of nitro benzene ring substituents is 1. The Kier molecular flexibility index (Phi) is 3.44. The van der Waals surface area contributed by atoms with E-state index in [2.05, 4.69) is 0 Å². The minimum absolute atomic E-state index is 0.429. The Bertz CT molecular complexity index is 668. The molecule has 0 aliphatic heterocycles. The van der Waals surface area contributed by atoms with Crippen molar-refractivity contribution in [1.82, 2.24) is 0 Å². The second-order valence-corrected chi connectivity index (χ2v) is 3.96. The number of halogens is 4. The van der Waals surface area contributed by atoms with Crippen LogP contribution in [0.15, 0.2) is 42.5 Å². The van der Waals surface area contributed by atoms with Gasteiger partial charge in [0, 0.05) is 17.7 Å². The summed E-state index contributed by atoms with van der Waals surface area (Å²) < 4.78 is 52.3. The Morgan fingerprint density at radius 2 is 1.65 bits per heavy atom. The van der Waals surface area contributed by atoms with E-state index in [9.17, 15) is 27.7 Å². The summed E-state index contributed by atoms with van der Waals surface area (Å²) in [5.74, 6) is -0.952. The molecule has 2 aromatic carbocycles. The van der Waals surface area contributed by atoms with Crippen LogP contribution < -0.4 is 0 Å². The van der Waals surface area contributed by atoms with E-state index >= 15 is 0 Å². The van der Waals surface area contributed by atoms with Gasteiger partial charge in [-0.2, -0.15) is 13.2 Å². The van der Waals surface area contributed by atoms with Gasteiger partial charge in [-0.15, -0.1) is 0 Å². The van der Waals surface area contributed by atoms with E-state index in [1.165, 1.54) is 12.1 Å².